The van der Waals surface area contributed by atoms with Crippen LogP contribution in [0.4, 0.5) is 5.69 Å². The highest BCUT2D eigenvalue weighted by Gasteiger charge is 2.23. The highest BCUT2D eigenvalue weighted by atomic mass is 16.6. The van der Waals surface area contributed by atoms with Crippen molar-refractivity contribution in [2.45, 2.75) is 12.5 Å². The van der Waals surface area contributed by atoms with Gasteiger partial charge in [0, 0.05) is 18.6 Å². The standard InChI is InChI=1S/C26H20N2O6/c29-24-15-20-5-2-1-4-19(20)14-22(24)25(30)27-23(26(31)32)12-16-8-10-17(11-9-16)18-6-3-7-21(13-18)28(33)34/h1-11,13-15,23,29H,12H2,(H,27,30)(H,31,32)/t23-/m0/s1. The number of fused-ring (bicyclic) bond motifs is 1. The molecule has 4 rings (SSSR count). The summed E-state index contributed by atoms with van der Waals surface area (Å²) in [5.74, 6) is -2.14. The average Bonchev–Trinajstić information content (AvgIpc) is 2.83. The van der Waals surface area contributed by atoms with E-state index in [1.807, 2.05) is 6.07 Å². The summed E-state index contributed by atoms with van der Waals surface area (Å²) in [5, 5.41) is 34.9. The first-order valence-corrected chi connectivity index (χ1v) is 10.4. The molecule has 4 aromatic rings. The van der Waals surface area contributed by atoms with Crippen LogP contribution < -0.4 is 5.32 Å². The number of aliphatic carboxylic acids is 1. The van der Waals surface area contributed by atoms with Gasteiger partial charge in [-0.3, -0.25) is 14.9 Å². The van der Waals surface area contributed by atoms with Crippen molar-refractivity contribution in [3.05, 3.63) is 106 Å². The maximum atomic E-state index is 12.8. The SMILES string of the molecule is O=C(N[C@@H](Cc1ccc(-c2cccc([N+](=O)[O-])c2)cc1)C(=O)O)c1cc2ccccc2cc1O. The van der Waals surface area contributed by atoms with Gasteiger partial charge < -0.3 is 15.5 Å². The van der Waals surface area contributed by atoms with Crippen LogP contribution in [-0.2, 0) is 11.2 Å². The summed E-state index contributed by atoms with van der Waals surface area (Å²) in [5.41, 5.74) is 2.03. The molecule has 1 amide bonds. The fraction of sp³-hybridized carbons (Fsp3) is 0.0769. The molecular formula is C26H20N2O6. The smallest absolute Gasteiger partial charge is 0.326 e. The molecule has 0 aliphatic carbocycles. The molecule has 3 N–H and O–H groups in total. The van der Waals surface area contributed by atoms with Crippen molar-refractivity contribution in [3.8, 4) is 16.9 Å². The zero-order valence-corrected chi connectivity index (χ0v) is 17.8. The average molecular weight is 456 g/mol. The van der Waals surface area contributed by atoms with Gasteiger partial charge in [0.2, 0.25) is 0 Å². The van der Waals surface area contributed by atoms with E-state index in [-0.39, 0.29) is 23.4 Å². The number of aromatic hydroxyl groups is 1. The van der Waals surface area contributed by atoms with E-state index in [1.165, 1.54) is 24.3 Å². The number of nitro groups is 1. The van der Waals surface area contributed by atoms with E-state index in [9.17, 15) is 29.9 Å². The number of benzene rings is 4. The van der Waals surface area contributed by atoms with E-state index in [0.29, 0.717) is 11.1 Å². The third kappa shape index (κ3) is 4.86. The molecule has 170 valence electrons. The van der Waals surface area contributed by atoms with E-state index >= 15 is 0 Å². The molecule has 0 aromatic heterocycles. The van der Waals surface area contributed by atoms with Crippen LogP contribution in [0, 0.1) is 10.1 Å². The van der Waals surface area contributed by atoms with Crippen LogP contribution in [0.15, 0.2) is 84.9 Å². The number of nitrogens with one attached hydrogen (secondary N) is 1. The third-order valence-electron chi connectivity index (χ3n) is 5.50. The Morgan fingerprint density at radius 3 is 2.21 bits per heavy atom. The van der Waals surface area contributed by atoms with Gasteiger partial charge in [-0.1, -0.05) is 60.7 Å². The van der Waals surface area contributed by atoms with Crippen molar-refractivity contribution in [2.75, 3.05) is 0 Å². The highest BCUT2D eigenvalue weighted by Crippen LogP contribution is 2.26. The van der Waals surface area contributed by atoms with Gasteiger partial charge in [-0.25, -0.2) is 4.79 Å². The quantitative estimate of drug-likeness (QED) is 0.276. The second kappa shape index (κ2) is 9.41. The van der Waals surface area contributed by atoms with Gasteiger partial charge in [0.05, 0.1) is 10.5 Å². The molecule has 0 bridgehead atoms. The van der Waals surface area contributed by atoms with E-state index in [4.69, 9.17) is 0 Å². The second-order valence-corrected chi connectivity index (χ2v) is 7.79. The van der Waals surface area contributed by atoms with Gasteiger partial charge in [0.15, 0.2) is 0 Å². The topological polar surface area (TPSA) is 130 Å². The number of carboxylic acids is 1. The van der Waals surface area contributed by atoms with Crippen molar-refractivity contribution < 1.29 is 24.7 Å². The first-order valence-electron chi connectivity index (χ1n) is 10.4. The van der Waals surface area contributed by atoms with Crippen molar-refractivity contribution in [3.63, 3.8) is 0 Å². The predicted molar refractivity (Wildman–Crippen MR) is 127 cm³/mol. The van der Waals surface area contributed by atoms with Crippen LogP contribution >= 0.6 is 0 Å². The van der Waals surface area contributed by atoms with Crippen molar-refractivity contribution in [1.29, 1.82) is 0 Å². The van der Waals surface area contributed by atoms with E-state index in [0.717, 1.165) is 16.3 Å². The van der Waals surface area contributed by atoms with E-state index < -0.39 is 22.8 Å². The lowest BCUT2D eigenvalue weighted by atomic mass is 10.00. The molecule has 0 aliphatic heterocycles. The number of nitro benzene ring substituents is 1. The van der Waals surface area contributed by atoms with Crippen LogP contribution in [0.25, 0.3) is 21.9 Å². The minimum atomic E-state index is -1.22. The number of carbonyl (C=O) groups excluding carboxylic acids is 1. The molecule has 0 unspecified atom stereocenters. The Hall–Kier alpha value is -4.72. The van der Waals surface area contributed by atoms with Crippen molar-refractivity contribution >= 4 is 28.3 Å². The Morgan fingerprint density at radius 2 is 1.56 bits per heavy atom. The lowest BCUT2D eigenvalue weighted by Crippen LogP contribution is -2.42. The largest absolute Gasteiger partial charge is 0.507 e. The lowest BCUT2D eigenvalue weighted by Gasteiger charge is -2.16. The van der Waals surface area contributed by atoms with Crippen LogP contribution in [0.1, 0.15) is 15.9 Å². The molecular weight excluding hydrogens is 436 g/mol. The van der Waals surface area contributed by atoms with Crippen LogP contribution in [0.3, 0.4) is 0 Å². The van der Waals surface area contributed by atoms with Crippen LogP contribution in [0.2, 0.25) is 0 Å². The Bertz CT molecular complexity index is 1400. The third-order valence-corrected chi connectivity index (χ3v) is 5.50. The molecule has 0 heterocycles. The van der Waals surface area contributed by atoms with Crippen LogP contribution in [-0.4, -0.2) is 33.1 Å². The Kier molecular flexibility index (Phi) is 6.22. The first kappa shape index (κ1) is 22.5. The minimum Gasteiger partial charge on any atom is -0.507 e. The normalized spacial score (nSPS) is 11.6. The van der Waals surface area contributed by atoms with Gasteiger partial charge in [-0.05, 0) is 39.6 Å². The number of hydrogen-bond acceptors (Lipinski definition) is 5. The number of carbonyl (C=O) groups is 2. The number of carboxylic acid groups (broad SMARTS) is 1. The molecule has 1 atom stereocenters. The molecule has 0 spiro atoms. The molecule has 4 aromatic carbocycles. The maximum absolute atomic E-state index is 12.8. The first-order chi connectivity index (χ1) is 16.3. The Balaban J connectivity index is 1.51. The summed E-state index contributed by atoms with van der Waals surface area (Å²) in [6, 6.07) is 22.1. The summed E-state index contributed by atoms with van der Waals surface area (Å²) in [6.45, 7) is 0. The monoisotopic (exact) mass is 456 g/mol. The number of phenols is 1. The molecule has 8 heteroatoms. The zero-order chi connectivity index (χ0) is 24.2. The predicted octanol–water partition coefficient (Wildman–Crippen LogP) is 4.55. The summed E-state index contributed by atoms with van der Waals surface area (Å²) < 4.78 is 0. The number of hydrogen-bond donors (Lipinski definition) is 3. The molecule has 0 radical (unpaired) electrons. The maximum Gasteiger partial charge on any atom is 0.326 e. The zero-order valence-electron chi connectivity index (χ0n) is 17.8. The van der Waals surface area contributed by atoms with E-state index in [2.05, 4.69) is 5.32 Å². The second-order valence-electron chi connectivity index (χ2n) is 7.79. The fourth-order valence-electron chi connectivity index (χ4n) is 3.71. The van der Waals surface area contributed by atoms with Crippen LogP contribution in [0.5, 0.6) is 5.75 Å². The Labute approximate surface area is 194 Å². The van der Waals surface area contributed by atoms with Gasteiger partial charge in [0.1, 0.15) is 11.8 Å². The van der Waals surface area contributed by atoms with Crippen molar-refractivity contribution in [1.82, 2.24) is 5.32 Å². The molecule has 0 saturated carbocycles. The fourth-order valence-corrected chi connectivity index (χ4v) is 3.71. The van der Waals surface area contributed by atoms with Gasteiger partial charge in [0.25, 0.3) is 11.6 Å². The summed E-state index contributed by atoms with van der Waals surface area (Å²) in [6.07, 6.45) is 0.0185. The molecule has 34 heavy (non-hydrogen) atoms. The van der Waals surface area contributed by atoms with Gasteiger partial charge in [-0.2, -0.15) is 0 Å². The molecule has 0 fully saturated rings. The lowest BCUT2D eigenvalue weighted by molar-refractivity contribution is -0.384. The number of nitrogens with zero attached hydrogens (tertiary/aromatic N) is 1. The number of phenolic OH excluding ortho intramolecular Hbond substituents is 1. The van der Waals surface area contributed by atoms with E-state index in [1.54, 1.807) is 54.6 Å². The van der Waals surface area contributed by atoms with Gasteiger partial charge in [-0.15, -0.1) is 0 Å². The highest BCUT2D eigenvalue weighted by molar-refractivity contribution is 6.02. The minimum absolute atomic E-state index is 0.00836. The number of non-ortho nitro benzene ring substituents is 1. The Morgan fingerprint density at radius 1 is 0.882 bits per heavy atom. The molecule has 0 saturated heterocycles. The number of rotatable bonds is 7. The summed E-state index contributed by atoms with van der Waals surface area (Å²) in [7, 11) is 0. The van der Waals surface area contributed by atoms with Gasteiger partial charge >= 0.3 is 5.97 Å². The summed E-state index contributed by atoms with van der Waals surface area (Å²) >= 11 is 0. The number of amides is 1. The van der Waals surface area contributed by atoms with Crippen molar-refractivity contribution in [2.24, 2.45) is 0 Å². The summed E-state index contributed by atoms with van der Waals surface area (Å²) in [4.78, 5) is 35.1. The molecule has 0 aliphatic rings. The molecule has 8 nitrogen and oxygen atoms in total.